The van der Waals surface area contributed by atoms with Crippen LogP contribution in [0.25, 0.3) is 0 Å². The maximum Gasteiger partial charge on any atom is 0.163 e. The fourth-order valence-corrected chi connectivity index (χ4v) is 1.77. The van der Waals surface area contributed by atoms with Crippen LogP contribution in [-0.2, 0) is 0 Å². The molecule has 0 atom stereocenters. The Hall–Kier alpha value is -0.220. The molecule has 64 valence electrons. The van der Waals surface area contributed by atoms with Crippen molar-refractivity contribution in [1.82, 2.24) is 0 Å². The highest BCUT2D eigenvalue weighted by atomic mass is 79.9. The van der Waals surface area contributed by atoms with Gasteiger partial charge in [-0.25, -0.2) is 4.39 Å². The van der Waals surface area contributed by atoms with E-state index in [9.17, 15) is 9.18 Å². The van der Waals surface area contributed by atoms with E-state index < -0.39 is 5.82 Å². The largest absolute Gasteiger partial charge is 0.294 e. The lowest BCUT2D eigenvalue weighted by molar-refractivity contribution is 0.101. The van der Waals surface area contributed by atoms with Gasteiger partial charge in [0, 0.05) is 4.47 Å². The van der Waals surface area contributed by atoms with Crippen LogP contribution in [0.3, 0.4) is 0 Å². The molecule has 0 aliphatic carbocycles. The Morgan fingerprint density at radius 3 is 2.25 bits per heavy atom. The Balaban J connectivity index is 3.43. The summed E-state index contributed by atoms with van der Waals surface area (Å²) >= 11 is 6.10. The van der Waals surface area contributed by atoms with Crippen molar-refractivity contribution in [3.8, 4) is 0 Å². The Bertz CT molecular complexity index is 336. The summed E-state index contributed by atoms with van der Waals surface area (Å²) in [5.41, 5.74) is 0.0874. The number of halogens is 3. The van der Waals surface area contributed by atoms with Crippen molar-refractivity contribution >= 4 is 37.6 Å². The average molecular weight is 296 g/mol. The summed E-state index contributed by atoms with van der Waals surface area (Å²) in [5, 5.41) is 0. The third-order valence-electron chi connectivity index (χ3n) is 1.40. The van der Waals surface area contributed by atoms with Gasteiger partial charge < -0.3 is 0 Å². The first kappa shape index (κ1) is 9.86. The molecule has 0 heterocycles. The normalized spacial score (nSPS) is 10.0. The number of carbonyl (C=O) groups excluding carboxylic acids is 1. The van der Waals surface area contributed by atoms with E-state index >= 15 is 0 Å². The molecule has 0 saturated heterocycles. The second-order valence-electron chi connectivity index (χ2n) is 2.27. The number of carbonyl (C=O) groups is 1. The molecule has 0 aliphatic rings. The molecule has 0 aromatic heterocycles. The molecule has 0 fully saturated rings. The quantitative estimate of drug-likeness (QED) is 0.572. The summed E-state index contributed by atoms with van der Waals surface area (Å²) in [4.78, 5) is 10.9. The highest BCUT2D eigenvalue weighted by Crippen LogP contribution is 2.26. The van der Waals surface area contributed by atoms with Crippen LogP contribution in [0, 0.1) is 5.82 Å². The molecule has 0 bridgehead atoms. The molecule has 1 rings (SSSR count). The number of ketones is 1. The van der Waals surface area contributed by atoms with E-state index in [-0.39, 0.29) is 11.3 Å². The maximum atomic E-state index is 13.2. The molecule has 1 aromatic rings. The van der Waals surface area contributed by atoms with E-state index in [1.807, 2.05) is 0 Å². The minimum atomic E-state index is -0.517. The first-order valence-electron chi connectivity index (χ1n) is 3.18. The van der Waals surface area contributed by atoms with Crippen molar-refractivity contribution < 1.29 is 9.18 Å². The van der Waals surface area contributed by atoms with E-state index in [4.69, 9.17) is 0 Å². The second-order valence-corrected chi connectivity index (χ2v) is 3.98. The van der Waals surface area contributed by atoms with Crippen molar-refractivity contribution in [2.75, 3.05) is 0 Å². The summed E-state index contributed by atoms with van der Waals surface area (Å²) < 4.78 is 14.0. The lowest BCUT2D eigenvalue weighted by Crippen LogP contribution is -1.99. The van der Waals surface area contributed by atoms with E-state index in [0.717, 1.165) is 0 Å². The van der Waals surface area contributed by atoms with Gasteiger partial charge in [-0.05, 0) is 50.9 Å². The zero-order chi connectivity index (χ0) is 9.30. The van der Waals surface area contributed by atoms with Crippen molar-refractivity contribution in [2.24, 2.45) is 0 Å². The first-order chi connectivity index (χ1) is 5.54. The van der Waals surface area contributed by atoms with Gasteiger partial charge in [0.25, 0.3) is 0 Å². The van der Waals surface area contributed by atoms with E-state index in [1.165, 1.54) is 6.92 Å². The zero-order valence-electron chi connectivity index (χ0n) is 6.20. The Morgan fingerprint density at radius 2 is 1.83 bits per heavy atom. The molecule has 0 N–H and O–H groups in total. The average Bonchev–Trinajstić information content (AvgIpc) is 1.97. The van der Waals surface area contributed by atoms with Crippen molar-refractivity contribution in [2.45, 2.75) is 6.92 Å². The summed E-state index contributed by atoms with van der Waals surface area (Å²) in [5.74, 6) is -0.808. The van der Waals surface area contributed by atoms with Gasteiger partial charge in [0.2, 0.25) is 0 Å². The van der Waals surface area contributed by atoms with Gasteiger partial charge in [-0.3, -0.25) is 4.79 Å². The molecule has 1 nitrogen and oxygen atoms in total. The molecular weight excluding hydrogens is 291 g/mol. The molecule has 0 spiro atoms. The standard InChI is InChI=1S/C8H5Br2FO/c1-4(12)7-5(9)2-3-6(10)8(7)11/h2-3H,1H3. The van der Waals surface area contributed by atoms with Crippen LogP contribution < -0.4 is 0 Å². The monoisotopic (exact) mass is 294 g/mol. The van der Waals surface area contributed by atoms with Crippen molar-refractivity contribution in [3.05, 3.63) is 32.5 Å². The van der Waals surface area contributed by atoms with E-state index in [0.29, 0.717) is 8.95 Å². The fraction of sp³-hybridized carbons (Fsp3) is 0.125. The lowest BCUT2D eigenvalue weighted by atomic mass is 10.1. The number of benzene rings is 1. The number of rotatable bonds is 1. The Morgan fingerprint density at radius 1 is 1.33 bits per heavy atom. The summed E-state index contributed by atoms with van der Waals surface area (Å²) in [6.45, 7) is 1.33. The number of Topliss-reactive ketones (excluding diaryl/α,β-unsaturated/α-hetero) is 1. The summed E-state index contributed by atoms with van der Waals surface area (Å²) in [6.07, 6.45) is 0. The van der Waals surface area contributed by atoms with Gasteiger partial charge in [-0.2, -0.15) is 0 Å². The van der Waals surface area contributed by atoms with Crippen molar-refractivity contribution in [3.63, 3.8) is 0 Å². The number of hydrogen-bond donors (Lipinski definition) is 0. The molecule has 1 aromatic carbocycles. The molecule has 0 saturated carbocycles. The fourth-order valence-electron chi connectivity index (χ4n) is 0.850. The predicted octanol–water partition coefficient (Wildman–Crippen LogP) is 3.55. The van der Waals surface area contributed by atoms with Crippen LogP contribution in [0.15, 0.2) is 21.1 Å². The van der Waals surface area contributed by atoms with Gasteiger partial charge >= 0.3 is 0 Å². The van der Waals surface area contributed by atoms with Crippen LogP contribution in [0.2, 0.25) is 0 Å². The minimum absolute atomic E-state index is 0.0874. The van der Waals surface area contributed by atoms with Gasteiger partial charge in [0.1, 0.15) is 5.82 Å². The van der Waals surface area contributed by atoms with Crippen LogP contribution >= 0.6 is 31.9 Å². The number of hydrogen-bond acceptors (Lipinski definition) is 1. The first-order valence-corrected chi connectivity index (χ1v) is 4.77. The minimum Gasteiger partial charge on any atom is -0.294 e. The molecule has 4 heteroatoms. The van der Waals surface area contributed by atoms with Gasteiger partial charge in [0.15, 0.2) is 5.78 Å². The highest BCUT2D eigenvalue weighted by molar-refractivity contribution is 9.11. The molecule has 12 heavy (non-hydrogen) atoms. The van der Waals surface area contributed by atoms with Crippen molar-refractivity contribution in [1.29, 1.82) is 0 Å². The molecule has 0 amide bonds. The lowest BCUT2D eigenvalue weighted by Gasteiger charge is -2.02. The zero-order valence-corrected chi connectivity index (χ0v) is 9.37. The molecule has 0 unspecified atom stereocenters. The topological polar surface area (TPSA) is 17.1 Å². The third-order valence-corrected chi connectivity index (χ3v) is 2.67. The Kier molecular flexibility index (Phi) is 3.01. The highest BCUT2D eigenvalue weighted by Gasteiger charge is 2.13. The van der Waals surface area contributed by atoms with Crippen LogP contribution in [0.4, 0.5) is 4.39 Å². The van der Waals surface area contributed by atoms with Crippen LogP contribution in [-0.4, -0.2) is 5.78 Å². The van der Waals surface area contributed by atoms with Gasteiger partial charge in [-0.1, -0.05) is 0 Å². The van der Waals surface area contributed by atoms with Crippen LogP contribution in [0.1, 0.15) is 17.3 Å². The predicted molar refractivity (Wildman–Crippen MR) is 51.8 cm³/mol. The smallest absolute Gasteiger partial charge is 0.163 e. The van der Waals surface area contributed by atoms with Crippen LogP contribution in [0.5, 0.6) is 0 Å². The second kappa shape index (κ2) is 3.66. The molecule has 0 aliphatic heterocycles. The van der Waals surface area contributed by atoms with Gasteiger partial charge in [-0.15, -0.1) is 0 Å². The van der Waals surface area contributed by atoms with Gasteiger partial charge in [0.05, 0.1) is 10.0 Å². The Labute approximate surface area is 86.2 Å². The third kappa shape index (κ3) is 1.75. The molecular formula is C8H5Br2FO. The maximum absolute atomic E-state index is 13.2. The molecule has 0 radical (unpaired) electrons. The SMILES string of the molecule is CC(=O)c1c(Br)ccc(Br)c1F. The van der Waals surface area contributed by atoms with E-state index in [2.05, 4.69) is 31.9 Å². The van der Waals surface area contributed by atoms with E-state index in [1.54, 1.807) is 12.1 Å². The summed E-state index contributed by atoms with van der Waals surface area (Å²) in [6, 6.07) is 3.18. The summed E-state index contributed by atoms with van der Waals surface area (Å²) in [7, 11) is 0.